The summed E-state index contributed by atoms with van der Waals surface area (Å²) in [6, 6.07) is 43.7. The summed E-state index contributed by atoms with van der Waals surface area (Å²) in [6.07, 6.45) is 8.00. The van der Waals surface area contributed by atoms with Crippen molar-refractivity contribution in [2.45, 2.75) is 0 Å². The molecule has 148 valence electrons. The van der Waals surface area contributed by atoms with Crippen LogP contribution in [0.4, 0.5) is 0 Å². The Balaban J connectivity index is 0.00000112. The van der Waals surface area contributed by atoms with E-state index >= 15 is 0 Å². The van der Waals surface area contributed by atoms with Gasteiger partial charge in [-0.15, -0.1) is 12.8 Å². The maximum atomic E-state index is 4.00. The minimum atomic E-state index is -1.52. The molecule has 1 aliphatic heterocycles. The van der Waals surface area contributed by atoms with Gasteiger partial charge in [-0.25, -0.2) is 0 Å². The van der Waals surface area contributed by atoms with E-state index in [-0.39, 0.29) is 0 Å². The third-order valence-corrected chi connectivity index (χ3v) is 8.59. The SMILES string of the molecule is C#C.C1=C(c2ccccc2)C(c2ccccc2)=C(c2ccccc2)[SiH]1c1ccccc1. The first kappa shape index (κ1) is 20.4. The third kappa shape index (κ3) is 4.21. The summed E-state index contributed by atoms with van der Waals surface area (Å²) in [5, 5.41) is 2.98. The van der Waals surface area contributed by atoms with E-state index in [4.69, 9.17) is 0 Å². The van der Waals surface area contributed by atoms with Crippen molar-refractivity contribution in [3.8, 4) is 12.8 Å². The molecule has 0 aliphatic carbocycles. The molecule has 0 bridgehead atoms. The number of hydrogen-bond donors (Lipinski definition) is 0. The van der Waals surface area contributed by atoms with E-state index in [0.717, 1.165) is 0 Å². The smallest absolute Gasteiger partial charge is 0.124 e. The highest BCUT2D eigenvalue weighted by Crippen LogP contribution is 2.43. The van der Waals surface area contributed by atoms with Crippen LogP contribution in [-0.4, -0.2) is 8.80 Å². The fourth-order valence-corrected chi connectivity index (χ4v) is 7.48. The van der Waals surface area contributed by atoms with E-state index in [1.165, 1.54) is 38.2 Å². The minimum absolute atomic E-state index is 1.30. The molecule has 31 heavy (non-hydrogen) atoms. The van der Waals surface area contributed by atoms with Crippen LogP contribution in [0.3, 0.4) is 0 Å². The molecule has 4 aromatic carbocycles. The molecule has 1 heteroatoms. The predicted octanol–water partition coefficient (Wildman–Crippen LogP) is 6.16. The van der Waals surface area contributed by atoms with E-state index in [1.54, 1.807) is 0 Å². The highest BCUT2D eigenvalue weighted by atomic mass is 28.3. The molecule has 5 rings (SSSR count). The van der Waals surface area contributed by atoms with Crippen molar-refractivity contribution in [2.75, 3.05) is 0 Å². The van der Waals surface area contributed by atoms with Crippen LogP contribution < -0.4 is 5.19 Å². The van der Waals surface area contributed by atoms with Crippen LogP contribution in [0.1, 0.15) is 16.7 Å². The largest absolute Gasteiger partial charge is 0.127 e. The minimum Gasteiger partial charge on any atom is -0.124 e. The van der Waals surface area contributed by atoms with Gasteiger partial charge in [0.2, 0.25) is 0 Å². The van der Waals surface area contributed by atoms with E-state index in [0.29, 0.717) is 0 Å². The van der Waals surface area contributed by atoms with Gasteiger partial charge in [-0.05, 0) is 33.0 Å². The van der Waals surface area contributed by atoms with Gasteiger partial charge in [0.05, 0.1) is 0 Å². The van der Waals surface area contributed by atoms with Gasteiger partial charge in [-0.2, -0.15) is 0 Å². The molecule has 1 atom stereocenters. The summed E-state index contributed by atoms with van der Waals surface area (Å²) in [7, 11) is -1.52. The van der Waals surface area contributed by atoms with E-state index in [2.05, 4.69) is 140 Å². The number of allylic oxidation sites excluding steroid dienone is 2. The van der Waals surface area contributed by atoms with Gasteiger partial charge in [0.1, 0.15) is 8.80 Å². The Bertz CT molecular complexity index is 1200. The quantitative estimate of drug-likeness (QED) is 0.278. The molecule has 1 heterocycles. The first-order chi connectivity index (χ1) is 15.4. The van der Waals surface area contributed by atoms with Gasteiger partial charge < -0.3 is 0 Å². The molecule has 0 aromatic heterocycles. The average molecular weight is 413 g/mol. The molecule has 0 saturated heterocycles. The standard InChI is InChI=1S/C28H22Si.C2H2/c1-5-13-22(14-6-1)26-21-29(25-19-11-4-12-20-25)28(24-17-9-3-10-18-24)27(26)23-15-7-2-8-16-23;1-2/h1-21,29H;1-2H. The van der Waals surface area contributed by atoms with E-state index < -0.39 is 8.80 Å². The molecular formula is C30H24Si. The predicted molar refractivity (Wildman–Crippen MR) is 137 cm³/mol. The summed E-state index contributed by atoms with van der Waals surface area (Å²) in [5.41, 5.74) is 9.28. The zero-order chi connectivity index (χ0) is 21.5. The Morgan fingerprint density at radius 2 is 0.871 bits per heavy atom. The lowest BCUT2D eigenvalue weighted by atomic mass is 9.92. The Hall–Kier alpha value is -3.86. The van der Waals surface area contributed by atoms with Crippen molar-refractivity contribution in [3.05, 3.63) is 144 Å². The summed E-state index contributed by atoms with van der Waals surface area (Å²) in [6.45, 7) is 0. The second-order valence-corrected chi connectivity index (χ2v) is 9.89. The number of hydrogen-bond acceptors (Lipinski definition) is 0. The molecular weight excluding hydrogens is 388 g/mol. The number of benzene rings is 4. The Kier molecular flexibility index (Phi) is 6.43. The fourth-order valence-electron chi connectivity index (χ4n) is 4.27. The molecule has 4 aromatic rings. The van der Waals surface area contributed by atoms with Gasteiger partial charge in [-0.1, -0.05) is 132 Å². The zero-order valence-electron chi connectivity index (χ0n) is 17.4. The highest BCUT2D eigenvalue weighted by molar-refractivity contribution is 6.98. The Morgan fingerprint density at radius 1 is 0.452 bits per heavy atom. The fraction of sp³-hybridized carbons (Fsp3) is 0. The first-order valence-corrected chi connectivity index (χ1v) is 12.2. The molecule has 0 amide bonds. The third-order valence-electron chi connectivity index (χ3n) is 5.57. The van der Waals surface area contributed by atoms with Gasteiger partial charge in [-0.3, -0.25) is 0 Å². The molecule has 0 N–H and O–H groups in total. The lowest BCUT2D eigenvalue weighted by molar-refractivity contribution is 1.59. The molecule has 0 spiro atoms. The monoisotopic (exact) mass is 412 g/mol. The molecule has 0 saturated carbocycles. The van der Waals surface area contributed by atoms with Crippen LogP contribution in [-0.2, 0) is 0 Å². The molecule has 1 aliphatic rings. The average Bonchev–Trinajstić information content (AvgIpc) is 3.28. The van der Waals surface area contributed by atoms with Crippen molar-refractivity contribution in [1.29, 1.82) is 0 Å². The van der Waals surface area contributed by atoms with Crippen LogP contribution >= 0.6 is 0 Å². The van der Waals surface area contributed by atoms with Gasteiger partial charge in [0, 0.05) is 0 Å². The van der Waals surface area contributed by atoms with Crippen LogP contribution in [0.5, 0.6) is 0 Å². The summed E-state index contributed by atoms with van der Waals surface area (Å²) < 4.78 is 0. The number of terminal acetylenes is 1. The maximum absolute atomic E-state index is 4.00. The normalized spacial score (nSPS) is 15.0. The number of rotatable bonds is 4. The highest BCUT2D eigenvalue weighted by Gasteiger charge is 2.31. The summed E-state index contributed by atoms with van der Waals surface area (Å²) in [5.74, 6) is 0. The van der Waals surface area contributed by atoms with Crippen molar-refractivity contribution in [3.63, 3.8) is 0 Å². The van der Waals surface area contributed by atoms with Gasteiger partial charge in [0.15, 0.2) is 0 Å². The first-order valence-electron chi connectivity index (χ1n) is 10.4. The summed E-state index contributed by atoms with van der Waals surface area (Å²) >= 11 is 0. The van der Waals surface area contributed by atoms with Crippen LogP contribution in [0.2, 0.25) is 0 Å². The van der Waals surface area contributed by atoms with Crippen LogP contribution in [0, 0.1) is 12.8 Å². The topological polar surface area (TPSA) is 0 Å². The lowest BCUT2D eigenvalue weighted by Crippen LogP contribution is -2.28. The van der Waals surface area contributed by atoms with Crippen molar-refractivity contribution in [1.82, 2.24) is 0 Å². The second-order valence-electron chi connectivity index (χ2n) is 7.36. The van der Waals surface area contributed by atoms with Gasteiger partial charge >= 0.3 is 0 Å². The molecule has 0 nitrogen and oxygen atoms in total. The van der Waals surface area contributed by atoms with Crippen LogP contribution in [0.25, 0.3) is 16.3 Å². The van der Waals surface area contributed by atoms with Crippen molar-refractivity contribution < 1.29 is 0 Å². The molecule has 0 fully saturated rings. The molecule has 1 unspecified atom stereocenters. The van der Waals surface area contributed by atoms with E-state index in [9.17, 15) is 0 Å². The van der Waals surface area contributed by atoms with Crippen molar-refractivity contribution in [2.24, 2.45) is 0 Å². The Labute approximate surface area is 186 Å². The maximum Gasteiger partial charge on any atom is 0.127 e. The van der Waals surface area contributed by atoms with Gasteiger partial charge in [0.25, 0.3) is 0 Å². The molecule has 0 radical (unpaired) electrons. The van der Waals surface area contributed by atoms with Crippen LogP contribution in [0.15, 0.2) is 127 Å². The van der Waals surface area contributed by atoms with Crippen molar-refractivity contribution >= 4 is 30.3 Å². The summed E-state index contributed by atoms with van der Waals surface area (Å²) in [4.78, 5) is 0. The lowest BCUT2D eigenvalue weighted by Gasteiger charge is -2.17. The van der Waals surface area contributed by atoms with E-state index in [1.807, 2.05) is 0 Å². The second kappa shape index (κ2) is 9.76. The Morgan fingerprint density at radius 3 is 1.39 bits per heavy atom. The zero-order valence-corrected chi connectivity index (χ0v) is 18.5.